The summed E-state index contributed by atoms with van der Waals surface area (Å²) in [6.45, 7) is 0. The molecule has 2 aliphatic rings. The fraction of sp³-hybridized carbons (Fsp3) is 0.238. The molecule has 1 heterocycles. The Labute approximate surface area is 131 Å². The highest BCUT2D eigenvalue weighted by Gasteiger charge is 2.37. The van der Waals surface area contributed by atoms with Crippen LogP contribution in [0, 0.1) is 0 Å². The summed E-state index contributed by atoms with van der Waals surface area (Å²) in [6, 6.07) is 23.1. The quantitative estimate of drug-likeness (QED) is 0.577. The first kappa shape index (κ1) is 12.3. The third-order valence-corrected chi connectivity index (χ3v) is 5.62. The van der Waals surface area contributed by atoms with E-state index in [1.807, 2.05) is 0 Å². The number of fused-ring (bicyclic) bond motifs is 8. The molecular formula is C21H19N. The molecule has 2 atom stereocenters. The molecule has 3 aromatic carbocycles. The predicted octanol–water partition coefficient (Wildman–Crippen LogP) is 4.74. The van der Waals surface area contributed by atoms with Crippen LogP contribution in [-0.2, 0) is 6.42 Å². The van der Waals surface area contributed by atoms with Crippen LogP contribution in [0.15, 0.2) is 60.7 Å². The summed E-state index contributed by atoms with van der Waals surface area (Å²) in [6.07, 6.45) is 2.42. The maximum atomic E-state index is 2.51. The van der Waals surface area contributed by atoms with Crippen molar-refractivity contribution in [1.29, 1.82) is 0 Å². The third kappa shape index (κ3) is 1.54. The van der Waals surface area contributed by atoms with E-state index in [-0.39, 0.29) is 0 Å². The molecule has 0 radical (unpaired) electrons. The van der Waals surface area contributed by atoms with Gasteiger partial charge in [-0.3, -0.25) is 0 Å². The largest absolute Gasteiger partial charge is 0.371 e. The van der Waals surface area contributed by atoms with Gasteiger partial charge in [0.05, 0.1) is 0 Å². The van der Waals surface area contributed by atoms with Crippen LogP contribution in [0.5, 0.6) is 0 Å². The Morgan fingerprint density at radius 1 is 0.909 bits per heavy atom. The summed E-state index contributed by atoms with van der Waals surface area (Å²) in [7, 11) is 2.27. The summed E-state index contributed by atoms with van der Waals surface area (Å²) >= 11 is 0. The Kier molecular flexibility index (Phi) is 2.43. The Bertz CT molecular complexity index is 880. The first-order valence-corrected chi connectivity index (χ1v) is 8.15. The first-order valence-electron chi connectivity index (χ1n) is 8.15. The minimum absolute atomic E-state index is 0.548. The van der Waals surface area contributed by atoms with Crippen molar-refractivity contribution in [2.75, 3.05) is 11.9 Å². The average molecular weight is 285 g/mol. The molecule has 0 saturated carbocycles. The van der Waals surface area contributed by atoms with Gasteiger partial charge in [-0.1, -0.05) is 54.6 Å². The molecular weight excluding hydrogens is 266 g/mol. The fourth-order valence-corrected chi connectivity index (χ4v) is 4.52. The molecule has 0 spiro atoms. The standard InChI is InChI=1S/C21H19N/c1-22-16-12-15-7-3-4-8-17(15)19(13-16)21-18-9-5-2-6-14(18)10-11-20(21)22/h2-11,16,19H,12-13H2,1H3. The van der Waals surface area contributed by atoms with Gasteiger partial charge >= 0.3 is 0 Å². The van der Waals surface area contributed by atoms with Crippen LogP contribution < -0.4 is 4.90 Å². The molecule has 108 valence electrons. The van der Waals surface area contributed by atoms with E-state index in [1.54, 1.807) is 5.56 Å². The zero-order valence-electron chi connectivity index (χ0n) is 12.8. The van der Waals surface area contributed by atoms with Gasteiger partial charge in [0.25, 0.3) is 0 Å². The lowest BCUT2D eigenvalue weighted by Crippen LogP contribution is -2.42. The van der Waals surface area contributed by atoms with Gasteiger partial charge in [-0.25, -0.2) is 0 Å². The second-order valence-corrected chi connectivity index (χ2v) is 6.68. The van der Waals surface area contributed by atoms with Crippen LogP contribution in [0.4, 0.5) is 5.69 Å². The van der Waals surface area contributed by atoms with E-state index in [2.05, 4.69) is 72.6 Å². The second kappa shape index (κ2) is 4.36. The molecule has 1 aliphatic heterocycles. The number of anilines is 1. The average Bonchev–Trinajstić information content (AvgIpc) is 2.58. The normalized spacial score (nSPS) is 22.3. The van der Waals surface area contributed by atoms with Crippen molar-refractivity contribution in [3.05, 3.63) is 77.4 Å². The number of hydrogen-bond acceptors (Lipinski definition) is 1. The second-order valence-electron chi connectivity index (χ2n) is 6.68. The molecule has 0 amide bonds. The number of benzene rings is 3. The maximum Gasteiger partial charge on any atom is 0.0411 e. The fourth-order valence-electron chi connectivity index (χ4n) is 4.52. The minimum Gasteiger partial charge on any atom is -0.371 e. The van der Waals surface area contributed by atoms with Crippen LogP contribution in [-0.4, -0.2) is 13.1 Å². The van der Waals surface area contributed by atoms with Gasteiger partial charge in [0.1, 0.15) is 0 Å². The summed E-state index contributed by atoms with van der Waals surface area (Å²) in [4.78, 5) is 2.51. The SMILES string of the molecule is CN1c2ccc3ccccc3c2C2CC1Cc1ccccc12. The Balaban J connectivity index is 1.86. The number of nitrogens with zero attached hydrogens (tertiary/aromatic N) is 1. The van der Waals surface area contributed by atoms with E-state index in [9.17, 15) is 0 Å². The van der Waals surface area contributed by atoms with E-state index in [0.717, 1.165) is 0 Å². The van der Waals surface area contributed by atoms with Crippen LogP contribution in [0.3, 0.4) is 0 Å². The zero-order valence-corrected chi connectivity index (χ0v) is 12.8. The molecule has 0 N–H and O–H groups in total. The third-order valence-electron chi connectivity index (χ3n) is 5.62. The minimum atomic E-state index is 0.548. The van der Waals surface area contributed by atoms with Crippen molar-refractivity contribution in [3.8, 4) is 0 Å². The van der Waals surface area contributed by atoms with E-state index in [1.165, 1.54) is 40.4 Å². The van der Waals surface area contributed by atoms with Gasteiger partial charge in [0.15, 0.2) is 0 Å². The summed E-state index contributed by atoms with van der Waals surface area (Å²) in [5.41, 5.74) is 6.04. The maximum absolute atomic E-state index is 2.51. The molecule has 22 heavy (non-hydrogen) atoms. The molecule has 0 fully saturated rings. The highest BCUT2D eigenvalue weighted by Crippen LogP contribution is 2.49. The topological polar surface area (TPSA) is 3.24 Å². The van der Waals surface area contributed by atoms with Gasteiger partial charge in [-0.15, -0.1) is 0 Å². The molecule has 0 saturated heterocycles. The lowest BCUT2D eigenvalue weighted by Gasteiger charge is -2.45. The number of rotatable bonds is 0. The molecule has 3 aromatic rings. The molecule has 2 bridgehead atoms. The van der Waals surface area contributed by atoms with Crippen molar-refractivity contribution in [2.24, 2.45) is 0 Å². The van der Waals surface area contributed by atoms with Crippen molar-refractivity contribution in [2.45, 2.75) is 24.8 Å². The van der Waals surface area contributed by atoms with Crippen molar-refractivity contribution < 1.29 is 0 Å². The first-order chi connectivity index (χ1) is 10.8. The Morgan fingerprint density at radius 2 is 1.73 bits per heavy atom. The molecule has 1 aliphatic carbocycles. The van der Waals surface area contributed by atoms with Gasteiger partial charge in [0, 0.05) is 24.7 Å². The van der Waals surface area contributed by atoms with Crippen molar-refractivity contribution in [1.82, 2.24) is 0 Å². The summed E-state index contributed by atoms with van der Waals surface area (Å²) < 4.78 is 0. The summed E-state index contributed by atoms with van der Waals surface area (Å²) in [5.74, 6) is 0.548. The Hall–Kier alpha value is -2.28. The number of hydrogen-bond donors (Lipinski definition) is 0. The monoisotopic (exact) mass is 285 g/mol. The summed E-state index contributed by atoms with van der Waals surface area (Å²) in [5, 5.41) is 2.78. The van der Waals surface area contributed by atoms with E-state index in [0.29, 0.717) is 12.0 Å². The lowest BCUT2D eigenvalue weighted by molar-refractivity contribution is 0.487. The predicted molar refractivity (Wildman–Crippen MR) is 92.7 cm³/mol. The molecule has 2 unspecified atom stereocenters. The highest BCUT2D eigenvalue weighted by atomic mass is 15.1. The van der Waals surface area contributed by atoms with E-state index in [4.69, 9.17) is 0 Å². The van der Waals surface area contributed by atoms with Gasteiger partial charge in [-0.05, 0) is 46.4 Å². The smallest absolute Gasteiger partial charge is 0.0411 e. The molecule has 1 nitrogen and oxygen atoms in total. The van der Waals surface area contributed by atoms with Crippen molar-refractivity contribution >= 4 is 16.5 Å². The Morgan fingerprint density at radius 3 is 2.68 bits per heavy atom. The lowest BCUT2D eigenvalue weighted by atomic mass is 9.72. The molecule has 0 aromatic heterocycles. The van der Waals surface area contributed by atoms with Crippen LogP contribution in [0.1, 0.15) is 29.0 Å². The van der Waals surface area contributed by atoms with Crippen LogP contribution in [0.25, 0.3) is 10.8 Å². The van der Waals surface area contributed by atoms with E-state index < -0.39 is 0 Å². The van der Waals surface area contributed by atoms with Crippen molar-refractivity contribution in [3.63, 3.8) is 0 Å². The van der Waals surface area contributed by atoms with Gasteiger partial charge < -0.3 is 4.90 Å². The molecule has 5 rings (SSSR count). The molecule has 1 heteroatoms. The van der Waals surface area contributed by atoms with Crippen LogP contribution in [0.2, 0.25) is 0 Å². The van der Waals surface area contributed by atoms with Crippen LogP contribution >= 0.6 is 0 Å². The van der Waals surface area contributed by atoms with Gasteiger partial charge in [0.2, 0.25) is 0 Å². The van der Waals surface area contributed by atoms with E-state index >= 15 is 0 Å². The highest BCUT2D eigenvalue weighted by molar-refractivity contribution is 5.92. The zero-order chi connectivity index (χ0) is 14.7. The van der Waals surface area contributed by atoms with Gasteiger partial charge in [-0.2, -0.15) is 0 Å². The number of likely N-dealkylation sites (N-methyl/N-ethyl adjacent to an activating group) is 1.